The molecule has 3 rings (SSSR count). The number of para-hydroxylation sites is 1. The molecule has 136 valence electrons. The summed E-state index contributed by atoms with van der Waals surface area (Å²) in [6.07, 6.45) is 2.07. The van der Waals surface area contributed by atoms with E-state index in [-0.39, 0.29) is 11.8 Å². The molecule has 1 N–H and O–H groups in total. The van der Waals surface area contributed by atoms with E-state index in [4.69, 9.17) is 4.74 Å². The molecule has 1 fully saturated rings. The summed E-state index contributed by atoms with van der Waals surface area (Å²) in [5, 5.41) is 2.86. The molecule has 5 nitrogen and oxygen atoms in total. The molecule has 5 heteroatoms. The molecule has 2 aromatic rings. The van der Waals surface area contributed by atoms with E-state index in [1.807, 2.05) is 42.2 Å². The maximum atomic E-state index is 12.6. The summed E-state index contributed by atoms with van der Waals surface area (Å²) in [5.41, 5.74) is 1.21. The largest absolute Gasteiger partial charge is 0.481 e. The molecule has 0 radical (unpaired) electrons. The van der Waals surface area contributed by atoms with Gasteiger partial charge < -0.3 is 15.0 Å². The van der Waals surface area contributed by atoms with Crippen LogP contribution in [0, 0.1) is 0 Å². The van der Waals surface area contributed by atoms with Crippen molar-refractivity contribution >= 4 is 17.5 Å². The van der Waals surface area contributed by atoms with Crippen molar-refractivity contribution in [1.82, 2.24) is 4.90 Å². The van der Waals surface area contributed by atoms with E-state index >= 15 is 0 Å². The lowest BCUT2D eigenvalue weighted by atomic mass is 10.1. The molecule has 0 aliphatic carbocycles. The van der Waals surface area contributed by atoms with Gasteiger partial charge in [-0.1, -0.05) is 31.2 Å². The topological polar surface area (TPSA) is 58.6 Å². The number of hydrogen-bond donors (Lipinski definition) is 1. The molecule has 1 aliphatic heterocycles. The van der Waals surface area contributed by atoms with Gasteiger partial charge in [0.25, 0.3) is 11.8 Å². The highest BCUT2D eigenvalue weighted by Gasteiger charge is 2.21. The Bertz CT molecular complexity index is 755. The van der Waals surface area contributed by atoms with Gasteiger partial charge in [0.05, 0.1) is 0 Å². The van der Waals surface area contributed by atoms with Gasteiger partial charge in [-0.3, -0.25) is 9.59 Å². The average Bonchev–Trinajstić information content (AvgIpc) is 3.21. The zero-order valence-electron chi connectivity index (χ0n) is 15.0. The molecule has 0 spiro atoms. The minimum atomic E-state index is -0.588. The molecule has 2 amide bonds. The average molecular weight is 352 g/mol. The molecule has 0 bridgehead atoms. The number of rotatable bonds is 6. The van der Waals surface area contributed by atoms with Gasteiger partial charge in [0, 0.05) is 24.3 Å². The molecule has 1 aliphatic rings. The summed E-state index contributed by atoms with van der Waals surface area (Å²) in [5.74, 6) is 0.459. The second-order valence-corrected chi connectivity index (χ2v) is 6.40. The minimum absolute atomic E-state index is 0.0196. The van der Waals surface area contributed by atoms with Gasteiger partial charge in [0.2, 0.25) is 0 Å². The molecule has 0 aromatic heterocycles. The number of nitrogens with one attached hydrogen (secondary N) is 1. The van der Waals surface area contributed by atoms with Gasteiger partial charge >= 0.3 is 0 Å². The molecule has 1 saturated heterocycles. The van der Waals surface area contributed by atoms with Crippen molar-refractivity contribution in [3.63, 3.8) is 0 Å². The molecule has 1 unspecified atom stereocenters. The number of likely N-dealkylation sites (tertiary alicyclic amines) is 1. The van der Waals surface area contributed by atoms with Crippen LogP contribution in [0.5, 0.6) is 5.75 Å². The third kappa shape index (κ3) is 4.42. The van der Waals surface area contributed by atoms with Crippen molar-refractivity contribution in [3.8, 4) is 5.75 Å². The molecular formula is C21H24N2O3. The Hall–Kier alpha value is -2.82. The second-order valence-electron chi connectivity index (χ2n) is 6.40. The second kappa shape index (κ2) is 8.52. The van der Waals surface area contributed by atoms with Crippen LogP contribution in [-0.4, -0.2) is 35.9 Å². The van der Waals surface area contributed by atoms with Crippen molar-refractivity contribution in [2.75, 3.05) is 18.4 Å². The predicted molar refractivity (Wildman–Crippen MR) is 101 cm³/mol. The third-order valence-electron chi connectivity index (χ3n) is 4.46. The number of hydrogen-bond acceptors (Lipinski definition) is 3. The Morgan fingerprint density at radius 2 is 1.81 bits per heavy atom. The number of carbonyl (C=O) groups is 2. The van der Waals surface area contributed by atoms with Crippen LogP contribution in [0.25, 0.3) is 0 Å². The lowest BCUT2D eigenvalue weighted by Crippen LogP contribution is -2.32. The summed E-state index contributed by atoms with van der Waals surface area (Å²) in [6, 6.07) is 16.4. The minimum Gasteiger partial charge on any atom is -0.481 e. The van der Waals surface area contributed by atoms with Crippen molar-refractivity contribution in [2.24, 2.45) is 0 Å². The number of nitrogens with zero attached hydrogens (tertiary/aromatic N) is 1. The molecule has 26 heavy (non-hydrogen) atoms. The number of ether oxygens (including phenoxy) is 1. The monoisotopic (exact) mass is 352 g/mol. The van der Waals surface area contributed by atoms with Gasteiger partial charge in [0.15, 0.2) is 6.10 Å². The van der Waals surface area contributed by atoms with Crippen LogP contribution >= 0.6 is 0 Å². The number of anilines is 1. The van der Waals surface area contributed by atoms with E-state index in [1.54, 1.807) is 24.3 Å². The lowest BCUT2D eigenvalue weighted by Gasteiger charge is -2.18. The molecule has 0 saturated carbocycles. The Morgan fingerprint density at radius 3 is 2.50 bits per heavy atom. The van der Waals surface area contributed by atoms with Gasteiger partial charge in [-0.05, 0) is 49.6 Å². The molecule has 2 aromatic carbocycles. The van der Waals surface area contributed by atoms with Gasteiger partial charge in [-0.25, -0.2) is 0 Å². The maximum Gasteiger partial charge on any atom is 0.265 e. The Balaban J connectivity index is 1.66. The van der Waals surface area contributed by atoms with Gasteiger partial charge in [-0.2, -0.15) is 0 Å². The number of carbonyl (C=O) groups excluding carboxylic acids is 2. The van der Waals surface area contributed by atoms with Crippen molar-refractivity contribution in [1.29, 1.82) is 0 Å². The normalized spacial score (nSPS) is 14.7. The standard InChI is InChI=1S/C21H24N2O3/c1-2-19(26-18-11-4-3-5-12-18)20(24)22-17-10-8-9-16(15-17)21(25)23-13-6-7-14-23/h3-5,8-12,15,19H,2,6-7,13-14H2,1H3,(H,22,24). The zero-order valence-corrected chi connectivity index (χ0v) is 15.0. The van der Waals surface area contributed by atoms with E-state index < -0.39 is 6.10 Å². The summed E-state index contributed by atoms with van der Waals surface area (Å²) in [6.45, 7) is 3.51. The van der Waals surface area contributed by atoms with Crippen molar-refractivity contribution in [2.45, 2.75) is 32.3 Å². The summed E-state index contributed by atoms with van der Waals surface area (Å²) in [4.78, 5) is 26.9. The predicted octanol–water partition coefficient (Wildman–Crippen LogP) is 3.72. The molecule has 1 atom stereocenters. The lowest BCUT2D eigenvalue weighted by molar-refractivity contribution is -0.122. The number of amides is 2. The fourth-order valence-corrected chi connectivity index (χ4v) is 3.04. The van der Waals surface area contributed by atoms with E-state index in [0.29, 0.717) is 23.4 Å². The van der Waals surface area contributed by atoms with Crippen molar-refractivity contribution in [3.05, 3.63) is 60.2 Å². The Kier molecular flexibility index (Phi) is 5.89. The summed E-state index contributed by atoms with van der Waals surface area (Å²) in [7, 11) is 0. The first-order valence-corrected chi connectivity index (χ1v) is 9.09. The third-order valence-corrected chi connectivity index (χ3v) is 4.46. The maximum absolute atomic E-state index is 12.6. The Labute approximate surface area is 154 Å². The highest BCUT2D eigenvalue weighted by atomic mass is 16.5. The van der Waals surface area contributed by atoms with Crippen LogP contribution in [0.2, 0.25) is 0 Å². The van der Waals surface area contributed by atoms with E-state index in [2.05, 4.69) is 5.32 Å². The quantitative estimate of drug-likeness (QED) is 0.862. The smallest absolute Gasteiger partial charge is 0.265 e. The van der Waals surface area contributed by atoms with E-state index in [1.165, 1.54) is 0 Å². The van der Waals surface area contributed by atoms with Crippen LogP contribution in [0.3, 0.4) is 0 Å². The van der Waals surface area contributed by atoms with Crippen LogP contribution < -0.4 is 10.1 Å². The number of benzene rings is 2. The van der Waals surface area contributed by atoms with Crippen LogP contribution in [0.4, 0.5) is 5.69 Å². The molecular weight excluding hydrogens is 328 g/mol. The first-order chi connectivity index (χ1) is 12.7. The van der Waals surface area contributed by atoms with E-state index in [0.717, 1.165) is 25.9 Å². The van der Waals surface area contributed by atoms with Crippen LogP contribution in [-0.2, 0) is 4.79 Å². The highest BCUT2D eigenvalue weighted by Crippen LogP contribution is 2.18. The zero-order chi connectivity index (χ0) is 18.4. The Morgan fingerprint density at radius 1 is 1.08 bits per heavy atom. The van der Waals surface area contributed by atoms with E-state index in [9.17, 15) is 9.59 Å². The van der Waals surface area contributed by atoms with Crippen molar-refractivity contribution < 1.29 is 14.3 Å². The van der Waals surface area contributed by atoms with Gasteiger partial charge in [-0.15, -0.1) is 0 Å². The highest BCUT2D eigenvalue weighted by molar-refractivity contribution is 5.98. The molecule has 1 heterocycles. The first kappa shape index (κ1) is 18.0. The fraction of sp³-hybridized carbons (Fsp3) is 0.333. The van der Waals surface area contributed by atoms with Gasteiger partial charge in [0.1, 0.15) is 5.75 Å². The SMILES string of the molecule is CCC(Oc1ccccc1)C(=O)Nc1cccc(C(=O)N2CCCC2)c1. The van der Waals surface area contributed by atoms with Crippen LogP contribution in [0.15, 0.2) is 54.6 Å². The summed E-state index contributed by atoms with van der Waals surface area (Å²) >= 11 is 0. The fourth-order valence-electron chi connectivity index (χ4n) is 3.04. The van der Waals surface area contributed by atoms with Crippen LogP contribution in [0.1, 0.15) is 36.5 Å². The first-order valence-electron chi connectivity index (χ1n) is 9.09. The summed E-state index contributed by atoms with van der Waals surface area (Å²) < 4.78 is 5.77.